The minimum absolute atomic E-state index is 0. The number of nitrogens with one attached hydrogen (secondary N) is 2. The van der Waals surface area contributed by atoms with E-state index in [1.807, 2.05) is 0 Å². The Hall–Kier alpha value is 0.530. The fourth-order valence-corrected chi connectivity index (χ4v) is 8.52. The van der Waals surface area contributed by atoms with Gasteiger partial charge in [-0.15, -0.1) is 0 Å². The first-order valence-corrected chi connectivity index (χ1v) is 17.9. The van der Waals surface area contributed by atoms with E-state index in [0.717, 1.165) is 50.6 Å². The molecule has 0 aromatic heterocycles. The summed E-state index contributed by atoms with van der Waals surface area (Å²) < 4.78 is 50.2. The molecule has 0 bridgehead atoms. The zero-order valence-corrected chi connectivity index (χ0v) is 33.1. The molecular formula is C27H46N6Na2O9S2. The van der Waals surface area contributed by atoms with Gasteiger partial charge in [0.15, 0.2) is 0 Å². The summed E-state index contributed by atoms with van der Waals surface area (Å²) in [6.07, 6.45) is 9.33. The van der Waals surface area contributed by atoms with Crippen LogP contribution in [-0.2, 0) is 29.0 Å². The van der Waals surface area contributed by atoms with Crippen molar-refractivity contribution in [1.29, 1.82) is 0 Å². The van der Waals surface area contributed by atoms with Crippen molar-refractivity contribution in [3.63, 3.8) is 0 Å². The molecule has 10 unspecified atom stereocenters. The molecule has 2 amide bonds. The maximum absolute atomic E-state index is 13.0. The van der Waals surface area contributed by atoms with Crippen LogP contribution in [0.5, 0.6) is 0 Å². The van der Waals surface area contributed by atoms with Crippen LogP contribution in [0.1, 0.15) is 89.9 Å². The van der Waals surface area contributed by atoms with E-state index in [1.54, 1.807) is 14.2 Å². The minimum atomic E-state index is -4.31. The van der Waals surface area contributed by atoms with Crippen molar-refractivity contribution in [3.05, 3.63) is 0 Å². The first-order chi connectivity index (χ1) is 21.2. The molecule has 4 fully saturated rings. The van der Waals surface area contributed by atoms with E-state index in [2.05, 4.69) is 40.5 Å². The average Bonchev–Trinajstić information content (AvgIpc) is 3.02. The van der Waals surface area contributed by atoms with Gasteiger partial charge in [-0.05, 0) is 77.0 Å². The SMILES string of the molecule is COC1CC(N=NC2CCCC(SOO[O-])C2)CCC1NC(=O)NC1CCC(N=NC2CCCC(S(=O)(=O)[O-])C2)CC1OC.[Na+].[Na+]. The van der Waals surface area contributed by atoms with Crippen LogP contribution in [0.15, 0.2) is 20.5 Å². The third-order valence-electron chi connectivity index (χ3n) is 9.36. The number of amides is 2. The van der Waals surface area contributed by atoms with Crippen LogP contribution >= 0.6 is 12.0 Å². The third kappa shape index (κ3) is 13.7. The third-order valence-corrected chi connectivity index (χ3v) is 11.4. The van der Waals surface area contributed by atoms with E-state index in [1.165, 1.54) is 0 Å². The second-order valence-corrected chi connectivity index (χ2v) is 15.0. The summed E-state index contributed by atoms with van der Waals surface area (Å²) in [6.45, 7) is 0. The van der Waals surface area contributed by atoms with Gasteiger partial charge in [0.25, 0.3) is 0 Å². The quantitative estimate of drug-likeness (QED) is 0.0528. The number of hydrogen-bond donors (Lipinski definition) is 2. The van der Waals surface area contributed by atoms with Gasteiger partial charge in [-0.1, -0.05) is 12.8 Å². The Bertz CT molecular complexity index is 1080. The van der Waals surface area contributed by atoms with Crippen LogP contribution in [0.3, 0.4) is 0 Å². The topological polar surface area (TPSA) is 208 Å². The maximum Gasteiger partial charge on any atom is 1.00 e. The number of rotatable bonds is 12. The molecule has 0 radical (unpaired) electrons. The molecule has 0 aliphatic heterocycles. The molecule has 4 rings (SSSR count). The molecule has 46 heavy (non-hydrogen) atoms. The normalized spacial score (nSPS) is 35.7. The van der Waals surface area contributed by atoms with Gasteiger partial charge in [0, 0.05) is 31.5 Å². The Balaban J connectivity index is 0.00000368. The van der Waals surface area contributed by atoms with Crippen molar-refractivity contribution in [1.82, 2.24) is 10.6 Å². The van der Waals surface area contributed by atoms with E-state index in [9.17, 15) is 23.0 Å². The Labute approximate surface area is 320 Å². The molecule has 0 aromatic carbocycles. The van der Waals surface area contributed by atoms with Crippen LogP contribution in [0.2, 0.25) is 0 Å². The molecule has 4 aliphatic carbocycles. The molecular weight excluding hydrogens is 662 g/mol. The first kappa shape index (κ1) is 42.7. The Morgan fingerprint density at radius 3 is 1.67 bits per heavy atom. The van der Waals surface area contributed by atoms with Crippen molar-refractivity contribution in [3.8, 4) is 0 Å². The summed E-state index contributed by atoms with van der Waals surface area (Å²) in [4.78, 5) is 13.0. The second-order valence-electron chi connectivity index (χ2n) is 12.4. The van der Waals surface area contributed by atoms with Crippen molar-refractivity contribution in [2.24, 2.45) is 20.5 Å². The number of carbonyl (C=O) groups is 1. The van der Waals surface area contributed by atoms with E-state index < -0.39 is 15.4 Å². The van der Waals surface area contributed by atoms with Gasteiger partial charge >= 0.3 is 65.1 Å². The van der Waals surface area contributed by atoms with E-state index in [0.29, 0.717) is 44.9 Å². The van der Waals surface area contributed by atoms with Gasteiger partial charge in [-0.2, -0.15) is 24.8 Å². The van der Waals surface area contributed by atoms with Gasteiger partial charge in [-0.25, -0.2) is 13.2 Å². The standard InChI is InChI=1S/C27H48N6O9S2.2Na/c1-39-25-15-19(32-30-17-5-3-7-21(13-17)43-42-41-35)9-11-23(25)28-27(34)29-24-12-10-20(16-26(24)40-2)33-31-18-6-4-8-22(14-18)44(36,37)38;;/h17-26,35H,3-16H2,1-2H3,(H2,28,29,34)(H,36,37,38);;/q;2*+1/p-2. The predicted octanol–water partition coefficient (Wildman–Crippen LogP) is -2.89. The van der Waals surface area contributed by atoms with Crippen molar-refractivity contribution < 1.29 is 101 Å². The number of azo groups is 2. The Kier molecular flexibility index (Phi) is 20.1. The number of methoxy groups -OCH3 is 2. The number of nitrogens with zero attached hydrogens (tertiary/aromatic N) is 4. The number of hydrogen-bond acceptors (Lipinski definition) is 14. The molecule has 0 spiro atoms. The molecule has 252 valence electrons. The summed E-state index contributed by atoms with van der Waals surface area (Å²) in [5, 5.41) is 37.1. The Morgan fingerprint density at radius 2 is 1.20 bits per heavy atom. The van der Waals surface area contributed by atoms with Crippen molar-refractivity contribution in [2.45, 2.75) is 149 Å². The zero-order chi connectivity index (χ0) is 31.5. The molecule has 15 nitrogen and oxygen atoms in total. The molecule has 0 heterocycles. The van der Waals surface area contributed by atoms with Crippen LogP contribution in [0, 0.1) is 0 Å². The summed E-state index contributed by atoms with van der Waals surface area (Å²) in [5.41, 5.74) is 0. The summed E-state index contributed by atoms with van der Waals surface area (Å²) in [7, 11) is -1.06. The largest absolute Gasteiger partial charge is 1.00 e. The van der Waals surface area contributed by atoms with E-state index in [-0.39, 0.29) is 125 Å². The van der Waals surface area contributed by atoms with Gasteiger partial charge in [0.05, 0.1) is 63.8 Å². The van der Waals surface area contributed by atoms with Crippen LogP contribution in [0.25, 0.3) is 0 Å². The summed E-state index contributed by atoms with van der Waals surface area (Å²) >= 11 is 1.05. The van der Waals surface area contributed by atoms with Crippen LogP contribution in [-0.4, -0.2) is 92.2 Å². The van der Waals surface area contributed by atoms with Gasteiger partial charge in [0.1, 0.15) is 0 Å². The summed E-state index contributed by atoms with van der Waals surface area (Å²) in [6, 6.07) is -0.860. The van der Waals surface area contributed by atoms with Gasteiger partial charge < -0.3 is 29.9 Å². The maximum atomic E-state index is 13.0. The Morgan fingerprint density at radius 1 is 0.717 bits per heavy atom. The van der Waals surface area contributed by atoms with E-state index in [4.69, 9.17) is 9.47 Å². The fraction of sp³-hybridized carbons (Fsp3) is 0.963. The van der Waals surface area contributed by atoms with Crippen LogP contribution < -0.4 is 75.0 Å². The van der Waals surface area contributed by atoms with Crippen molar-refractivity contribution >= 4 is 28.2 Å². The van der Waals surface area contributed by atoms with Gasteiger partial charge in [-0.3, -0.25) is 5.04 Å². The number of ether oxygens (including phenoxy) is 2. The molecule has 0 aromatic rings. The fourth-order valence-electron chi connectivity index (χ4n) is 6.90. The number of carbonyl (C=O) groups excluding carboxylic acids is 1. The molecule has 4 saturated carbocycles. The predicted molar refractivity (Wildman–Crippen MR) is 157 cm³/mol. The molecule has 2 N–H and O–H groups in total. The monoisotopic (exact) mass is 708 g/mol. The van der Waals surface area contributed by atoms with Crippen LogP contribution in [0.4, 0.5) is 4.79 Å². The molecule has 0 saturated heterocycles. The van der Waals surface area contributed by atoms with Crippen molar-refractivity contribution in [2.75, 3.05) is 14.2 Å². The second kappa shape index (κ2) is 21.7. The van der Waals surface area contributed by atoms with E-state index >= 15 is 0 Å². The molecule has 4 aliphatic rings. The van der Waals surface area contributed by atoms with Gasteiger partial charge in [0.2, 0.25) is 0 Å². The molecule has 10 atom stereocenters. The smallest absolute Gasteiger partial charge is 0.748 e. The number of urea groups is 1. The summed E-state index contributed by atoms with van der Waals surface area (Å²) in [5.74, 6) is 0. The average molecular weight is 709 g/mol. The first-order valence-electron chi connectivity index (χ1n) is 15.7. The molecule has 19 heteroatoms. The minimum Gasteiger partial charge on any atom is -0.748 e. The zero-order valence-electron chi connectivity index (χ0n) is 27.5.